The van der Waals surface area contributed by atoms with Crippen LogP contribution in [-0.4, -0.2) is 15.6 Å². The number of nitrogens with zero attached hydrogens (tertiary/aromatic N) is 2. The molecule has 1 fully saturated rings. The van der Waals surface area contributed by atoms with E-state index < -0.39 is 0 Å². The third-order valence-corrected chi connectivity index (χ3v) is 4.97. The average Bonchev–Trinajstić information content (AvgIpc) is 2.65. The van der Waals surface area contributed by atoms with E-state index in [1.807, 2.05) is 14.0 Å². The summed E-state index contributed by atoms with van der Waals surface area (Å²) in [4.78, 5) is 12.4. The fourth-order valence-electron chi connectivity index (χ4n) is 3.09. The molecule has 0 aromatic carbocycles. The van der Waals surface area contributed by atoms with Crippen molar-refractivity contribution in [2.45, 2.75) is 52.4 Å². The van der Waals surface area contributed by atoms with Crippen molar-refractivity contribution in [1.29, 1.82) is 0 Å². The number of aryl methyl sites for hydroxylation is 2. The highest BCUT2D eigenvalue weighted by molar-refractivity contribution is 6.30. The number of hydrogen-bond acceptors (Lipinski definition) is 2. The summed E-state index contributed by atoms with van der Waals surface area (Å²) in [6.07, 6.45) is 6.19. The van der Waals surface area contributed by atoms with Crippen LogP contribution in [0.25, 0.3) is 0 Å². The van der Waals surface area contributed by atoms with Gasteiger partial charge in [0.15, 0.2) is 0 Å². The Morgan fingerprint density at radius 1 is 1.37 bits per heavy atom. The Hall–Kier alpha value is -0.830. The van der Waals surface area contributed by atoms with E-state index in [4.69, 9.17) is 11.6 Å². The zero-order valence-electron chi connectivity index (χ0n) is 12.1. The maximum absolute atomic E-state index is 12.4. The molecule has 0 N–H and O–H groups in total. The van der Waals surface area contributed by atoms with Crippen molar-refractivity contribution >= 4 is 17.4 Å². The standard InChI is InChI=1S/C15H23ClN2O/c1-4-11-5-7-12(8-6-11)14(19)9-13-10(2)17-18(3)15(13)16/h11-12H,4-9H2,1-3H3. The highest BCUT2D eigenvalue weighted by Gasteiger charge is 2.26. The van der Waals surface area contributed by atoms with Gasteiger partial charge in [-0.1, -0.05) is 24.9 Å². The minimum atomic E-state index is 0.235. The van der Waals surface area contributed by atoms with Gasteiger partial charge in [0.1, 0.15) is 10.9 Å². The van der Waals surface area contributed by atoms with Gasteiger partial charge in [0, 0.05) is 24.9 Å². The Kier molecular flexibility index (Phi) is 4.67. The normalized spacial score (nSPS) is 23.6. The van der Waals surface area contributed by atoms with Crippen LogP contribution < -0.4 is 0 Å². The topological polar surface area (TPSA) is 34.9 Å². The van der Waals surface area contributed by atoms with Crippen LogP contribution in [0.15, 0.2) is 0 Å². The van der Waals surface area contributed by atoms with Crippen LogP contribution in [0, 0.1) is 18.8 Å². The first kappa shape index (κ1) is 14.6. The SMILES string of the molecule is CCC1CCC(C(=O)Cc2c(C)nn(C)c2Cl)CC1. The molecule has 0 radical (unpaired) electrons. The van der Waals surface area contributed by atoms with Crippen molar-refractivity contribution in [2.24, 2.45) is 18.9 Å². The first-order valence-corrected chi connectivity index (χ1v) is 7.61. The van der Waals surface area contributed by atoms with Gasteiger partial charge in [-0.25, -0.2) is 0 Å². The fourth-order valence-corrected chi connectivity index (χ4v) is 3.33. The second-order valence-electron chi connectivity index (χ2n) is 5.75. The molecule has 4 heteroatoms. The third-order valence-electron chi connectivity index (χ3n) is 4.50. The van der Waals surface area contributed by atoms with E-state index in [1.54, 1.807) is 4.68 Å². The number of aromatic nitrogens is 2. The number of rotatable bonds is 4. The monoisotopic (exact) mass is 282 g/mol. The lowest BCUT2D eigenvalue weighted by atomic mass is 9.78. The molecule has 1 aromatic rings. The molecule has 0 bridgehead atoms. The van der Waals surface area contributed by atoms with E-state index in [0.29, 0.717) is 17.4 Å². The molecule has 19 heavy (non-hydrogen) atoms. The van der Waals surface area contributed by atoms with E-state index in [9.17, 15) is 4.79 Å². The van der Waals surface area contributed by atoms with Crippen LogP contribution in [0.5, 0.6) is 0 Å². The summed E-state index contributed by atoms with van der Waals surface area (Å²) >= 11 is 6.19. The van der Waals surface area contributed by atoms with Crippen LogP contribution in [-0.2, 0) is 18.3 Å². The van der Waals surface area contributed by atoms with Gasteiger partial charge in [0.2, 0.25) is 0 Å². The Morgan fingerprint density at radius 3 is 2.47 bits per heavy atom. The molecule has 3 nitrogen and oxygen atoms in total. The minimum Gasteiger partial charge on any atom is -0.299 e. The van der Waals surface area contributed by atoms with Crippen molar-refractivity contribution < 1.29 is 4.79 Å². The van der Waals surface area contributed by atoms with Crippen molar-refractivity contribution in [3.8, 4) is 0 Å². The van der Waals surface area contributed by atoms with E-state index in [0.717, 1.165) is 30.0 Å². The van der Waals surface area contributed by atoms with E-state index in [1.165, 1.54) is 19.3 Å². The Bertz CT molecular complexity index is 459. The Balaban J connectivity index is 1.98. The summed E-state index contributed by atoms with van der Waals surface area (Å²) in [6, 6.07) is 0. The molecule has 2 rings (SSSR count). The van der Waals surface area contributed by atoms with Crippen molar-refractivity contribution in [1.82, 2.24) is 9.78 Å². The summed E-state index contributed by atoms with van der Waals surface area (Å²) in [7, 11) is 1.82. The Labute approximate surface area is 120 Å². The molecule has 0 unspecified atom stereocenters. The lowest BCUT2D eigenvalue weighted by molar-refractivity contribution is -0.123. The summed E-state index contributed by atoms with van der Waals surface area (Å²) in [5.41, 5.74) is 1.79. The highest BCUT2D eigenvalue weighted by atomic mass is 35.5. The van der Waals surface area contributed by atoms with E-state index in [-0.39, 0.29) is 5.92 Å². The number of halogens is 1. The molecule has 0 aliphatic heterocycles. The van der Waals surface area contributed by atoms with Crippen LogP contribution in [0.4, 0.5) is 0 Å². The number of carbonyl (C=O) groups excluding carboxylic acids is 1. The molecule has 1 saturated carbocycles. The number of hydrogen-bond donors (Lipinski definition) is 0. The number of ketones is 1. The predicted molar refractivity (Wildman–Crippen MR) is 77.4 cm³/mol. The van der Waals surface area contributed by atoms with Gasteiger partial charge >= 0.3 is 0 Å². The molecular formula is C15H23ClN2O. The molecular weight excluding hydrogens is 260 g/mol. The van der Waals surface area contributed by atoms with Crippen molar-refractivity contribution in [3.63, 3.8) is 0 Å². The van der Waals surface area contributed by atoms with Crippen LogP contribution in [0.3, 0.4) is 0 Å². The van der Waals surface area contributed by atoms with Gasteiger partial charge in [-0.3, -0.25) is 9.48 Å². The van der Waals surface area contributed by atoms with Crippen LogP contribution >= 0.6 is 11.6 Å². The van der Waals surface area contributed by atoms with Gasteiger partial charge < -0.3 is 0 Å². The third kappa shape index (κ3) is 3.19. The molecule has 1 aliphatic rings. The largest absolute Gasteiger partial charge is 0.299 e. The predicted octanol–water partition coefficient (Wildman–Crippen LogP) is 3.71. The maximum Gasteiger partial charge on any atom is 0.140 e. The van der Waals surface area contributed by atoms with Crippen molar-refractivity contribution in [2.75, 3.05) is 0 Å². The van der Waals surface area contributed by atoms with Crippen LogP contribution in [0.2, 0.25) is 5.15 Å². The first-order valence-electron chi connectivity index (χ1n) is 7.23. The highest BCUT2D eigenvalue weighted by Crippen LogP contribution is 2.32. The molecule has 0 amide bonds. The zero-order valence-corrected chi connectivity index (χ0v) is 12.8. The molecule has 1 aromatic heterocycles. The zero-order chi connectivity index (χ0) is 14.0. The lowest BCUT2D eigenvalue weighted by Gasteiger charge is -2.26. The van der Waals surface area contributed by atoms with Gasteiger partial charge in [-0.15, -0.1) is 0 Å². The van der Waals surface area contributed by atoms with Gasteiger partial charge in [0.25, 0.3) is 0 Å². The van der Waals surface area contributed by atoms with E-state index in [2.05, 4.69) is 12.0 Å². The molecule has 1 heterocycles. The smallest absolute Gasteiger partial charge is 0.140 e. The van der Waals surface area contributed by atoms with Crippen molar-refractivity contribution in [3.05, 3.63) is 16.4 Å². The Morgan fingerprint density at radius 2 is 2.00 bits per heavy atom. The second-order valence-corrected chi connectivity index (χ2v) is 6.11. The summed E-state index contributed by atoms with van der Waals surface area (Å²) < 4.78 is 1.65. The minimum absolute atomic E-state index is 0.235. The molecule has 106 valence electrons. The van der Waals surface area contributed by atoms with Gasteiger partial charge in [-0.2, -0.15) is 5.10 Å². The number of carbonyl (C=O) groups is 1. The number of Topliss-reactive ketones (excluding diaryl/α,β-unsaturated/α-hetero) is 1. The van der Waals surface area contributed by atoms with Gasteiger partial charge in [0.05, 0.1) is 5.69 Å². The molecule has 1 aliphatic carbocycles. The van der Waals surface area contributed by atoms with Gasteiger partial charge in [-0.05, 0) is 38.5 Å². The molecule has 0 saturated heterocycles. The maximum atomic E-state index is 12.4. The summed E-state index contributed by atoms with van der Waals surface area (Å²) in [5, 5.41) is 4.87. The first-order chi connectivity index (χ1) is 9.02. The lowest BCUT2D eigenvalue weighted by Crippen LogP contribution is -2.23. The molecule has 0 atom stereocenters. The summed E-state index contributed by atoms with van der Waals surface area (Å²) in [5.74, 6) is 1.40. The quantitative estimate of drug-likeness (QED) is 0.844. The second kappa shape index (κ2) is 6.08. The van der Waals surface area contributed by atoms with Crippen LogP contribution in [0.1, 0.15) is 50.3 Å². The fraction of sp³-hybridized carbons (Fsp3) is 0.733. The average molecular weight is 283 g/mol. The molecule has 0 spiro atoms. The van der Waals surface area contributed by atoms with E-state index >= 15 is 0 Å². The summed E-state index contributed by atoms with van der Waals surface area (Å²) in [6.45, 7) is 4.16.